The fourth-order valence-electron chi connectivity index (χ4n) is 2.18. The number of rotatable bonds is 2. The summed E-state index contributed by atoms with van der Waals surface area (Å²) in [5.74, 6) is 0.656. The zero-order valence-electron chi connectivity index (χ0n) is 7.94. The van der Waals surface area contributed by atoms with E-state index in [2.05, 4.69) is 29.5 Å². The minimum atomic E-state index is 0.574. The molecule has 1 saturated heterocycles. The predicted octanol–water partition coefficient (Wildman–Crippen LogP) is 1.70. The lowest BCUT2D eigenvalue weighted by Crippen LogP contribution is -2.24. The summed E-state index contributed by atoms with van der Waals surface area (Å²) < 4.78 is 0. The lowest BCUT2D eigenvalue weighted by Gasteiger charge is -2.22. The third kappa shape index (κ3) is 1.64. The first-order chi connectivity index (χ1) is 6.33. The van der Waals surface area contributed by atoms with Crippen molar-refractivity contribution >= 4 is 11.3 Å². The summed E-state index contributed by atoms with van der Waals surface area (Å²) in [6, 6.07) is 4.92. The Labute approximate surface area is 83.4 Å². The first-order valence-corrected chi connectivity index (χ1v) is 5.64. The molecule has 3 heteroatoms. The molecule has 1 aromatic rings. The Balaban J connectivity index is 2.20. The molecule has 0 aromatic carbocycles. The van der Waals surface area contributed by atoms with E-state index in [9.17, 15) is 0 Å². The average Bonchev–Trinajstić information content (AvgIpc) is 2.72. The molecule has 0 spiro atoms. The number of nitrogens with two attached hydrogens (primary N) is 1. The molecule has 1 aliphatic rings. The molecule has 1 aliphatic heterocycles. The van der Waals surface area contributed by atoms with Crippen LogP contribution in [0.15, 0.2) is 17.5 Å². The summed E-state index contributed by atoms with van der Waals surface area (Å²) in [6.07, 6.45) is 1.25. The highest BCUT2D eigenvalue weighted by Gasteiger charge is 2.32. The van der Waals surface area contributed by atoms with E-state index in [1.165, 1.54) is 17.8 Å². The fraction of sp³-hybridized carbons (Fsp3) is 0.600. The molecule has 0 amide bonds. The molecule has 1 fully saturated rings. The Hall–Kier alpha value is -0.380. The van der Waals surface area contributed by atoms with Gasteiger partial charge in [0.25, 0.3) is 0 Å². The maximum atomic E-state index is 5.77. The van der Waals surface area contributed by atoms with Crippen LogP contribution in [-0.4, -0.2) is 25.0 Å². The van der Waals surface area contributed by atoms with E-state index in [0.717, 1.165) is 6.54 Å². The first-order valence-electron chi connectivity index (χ1n) is 4.76. The Morgan fingerprint density at radius 1 is 1.69 bits per heavy atom. The number of hydrogen-bond donors (Lipinski definition) is 1. The van der Waals surface area contributed by atoms with Crippen molar-refractivity contribution in [2.24, 2.45) is 11.7 Å². The van der Waals surface area contributed by atoms with Crippen molar-refractivity contribution in [3.63, 3.8) is 0 Å². The van der Waals surface area contributed by atoms with E-state index >= 15 is 0 Å². The molecule has 2 nitrogen and oxygen atoms in total. The molecule has 2 N–H and O–H groups in total. The lowest BCUT2D eigenvalue weighted by molar-refractivity contribution is 0.284. The number of nitrogens with zero attached hydrogens (tertiary/aromatic N) is 1. The van der Waals surface area contributed by atoms with Crippen LogP contribution < -0.4 is 5.73 Å². The fourth-order valence-corrected chi connectivity index (χ4v) is 3.17. The zero-order valence-corrected chi connectivity index (χ0v) is 8.76. The maximum absolute atomic E-state index is 5.77. The molecule has 2 unspecified atom stereocenters. The average molecular weight is 196 g/mol. The van der Waals surface area contributed by atoms with Gasteiger partial charge in [0.05, 0.1) is 0 Å². The first kappa shape index (κ1) is 9.19. The van der Waals surface area contributed by atoms with Crippen molar-refractivity contribution in [1.82, 2.24) is 4.90 Å². The summed E-state index contributed by atoms with van der Waals surface area (Å²) in [5.41, 5.74) is 5.77. The van der Waals surface area contributed by atoms with Crippen LogP contribution in [0.4, 0.5) is 0 Å². The van der Waals surface area contributed by atoms with Gasteiger partial charge in [-0.2, -0.15) is 0 Å². The van der Waals surface area contributed by atoms with Gasteiger partial charge in [-0.15, -0.1) is 11.3 Å². The van der Waals surface area contributed by atoms with Gasteiger partial charge < -0.3 is 5.73 Å². The van der Waals surface area contributed by atoms with Crippen molar-refractivity contribution in [2.75, 3.05) is 20.1 Å². The summed E-state index contributed by atoms with van der Waals surface area (Å²) >= 11 is 1.85. The molecule has 0 aliphatic carbocycles. The van der Waals surface area contributed by atoms with Crippen LogP contribution in [0, 0.1) is 5.92 Å². The Morgan fingerprint density at radius 3 is 3.15 bits per heavy atom. The zero-order chi connectivity index (χ0) is 9.26. The quantitative estimate of drug-likeness (QED) is 0.780. The monoisotopic (exact) mass is 196 g/mol. The highest BCUT2D eigenvalue weighted by atomic mass is 32.1. The van der Waals surface area contributed by atoms with E-state index in [0.29, 0.717) is 12.0 Å². The molecule has 2 rings (SSSR count). The molecule has 0 bridgehead atoms. The molecule has 0 radical (unpaired) electrons. The van der Waals surface area contributed by atoms with Crippen molar-refractivity contribution in [3.05, 3.63) is 22.4 Å². The van der Waals surface area contributed by atoms with Crippen LogP contribution in [-0.2, 0) is 0 Å². The second-order valence-electron chi connectivity index (χ2n) is 3.73. The molecule has 1 aromatic heterocycles. The van der Waals surface area contributed by atoms with Gasteiger partial charge in [0, 0.05) is 10.9 Å². The van der Waals surface area contributed by atoms with Gasteiger partial charge in [-0.25, -0.2) is 0 Å². The van der Waals surface area contributed by atoms with Crippen molar-refractivity contribution in [3.8, 4) is 0 Å². The second kappa shape index (κ2) is 3.78. The molecule has 2 heterocycles. The van der Waals surface area contributed by atoms with Gasteiger partial charge >= 0.3 is 0 Å². The molecular formula is C10H16N2S. The standard InChI is InChI=1S/C10H16N2S/c1-12-5-4-8(7-11)10(12)9-3-2-6-13-9/h2-3,6,8,10H,4-5,7,11H2,1H3. The minimum Gasteiger partial charge on any atom is -0.330 e. The largest absolute Gasteiger partial charge is 0.330 e. The summed E-state index contributed by atoms with van der Waals surface area (Å²) in [4.78, 5) is 3.89. The maximum Gasteiger partial charge on any atom is 0.0479 e. The van der Waals surface area contributed by atoms with Gasteiger partial charge in [-0.05, 0) is 43.9 Å². The molecule has 13 heavy (non-hydrogen) atoms. The van der Waals surface area contributed by atoms with Gasteiger partial charge in [0.15, 0.2) is 0 Å². The van der Waals surface area contributed by atoms with E-state index in [-0.39, 0.29) is 0 Å². The number of thiophene rings is 1. The smallest absolute Gasteiger partial charge is 0.0479 e. The van der Waals surface area contributed by atoms with E-state index < -0.39 is 0 Å². The van der Waals surface area contributed by atoms with Crippen LogP contribution >= 0.6 is 11.3 Å². The molecule has 0 saturated carbocycles. The van der Waals surface area contributed by atoms with Gasteiger partial charge in [0.1, 0.15) is 0 Å². The highest BCUT2D eigenvalue weighted by Crippen LogP contribution is 2.37. The van der Waals surface area contributed by atoms with Gasteiger partial charge in [-0.1, -0.05) is 6.07 Å². The third-order valence-electron chi connectivity index (χ3n) is 2.91. The topological polar surface area (TPSA) is 29.3 Å². The molecule has 72 valence electrons. The normalized spacial score (nSPS) is 29.7. The second-order valence-corrected chi connectivity index (χ2v) is 4.70. The molecule has 2 atom stereocenters. The van der Waals surface area contributed by atoms with Crippen LogP contribution in [0.2, 0.25) is 0 Å². The Kier molecular flexibility index (Phi) is 2.67. The SMILES string of the molecule is CN1CCC(CN)C1c1cccs1. The Bertz CT molecular complexity index is 258. The van der Waals surface area contributed by atoms with Gasteiger partial charge in [0.2, 0.25) is 0 Å². The van der Waals surface area contributed by atoms with Crippen LogP contribution in [0.5, 0.6) is 0 Å². The summed E-state index contributed by atoms with van der Waals surface area (Å²) in [5, 5.41) is 2.15. The van der Waals surface area contributed by atoms with E-state index in [1.807, 2.05) is 11.3 Å². The summed E-state index contributed by atoms with van der Waals surface area (Å²) in [7, 11) is 2.19. The minimum absolute atomic E-state index is 0.574. The lowest BCUT2D eigenvalue weighted by atomic mass is 9.99. The van der Waals surface area contributed by atoms with Gasteiger partial charge in [-0.3, -0.25) is 4.90 Å². The van der Waals surface area contributed by atoms with Crippen LogP contribution in [0.1, 0.15) is 17.3 Å². The van der Waals surface area contributed by atoms with Crippen molar-refractivity contribution in [1.29, 1.82) is 0 Å². The van der Waals surface area contributed by atoms with Crippen molar-refractivity contribution < 1.29 is 0 Å². The van der Waals surface area contributed by atoms with E-state index in [1.54, 1.807) is 0 Å². The number of hydrogen-bond acceptors (Lipinski definition) is 3. The van der Waals surface area contributed by atoms with E-state index in [4.69, 9.17) is 5.73 Å². The van der Waals surface area contributed by atoms with Crippen LogP contribution in [0.25, 0.3) is 0 Å². The van der Waals surface area contributed by atoms with Crippen LogP contribution in [0.3, 0.4) is 0 Å². The Morgan fingerprint density at radius 2 is 2.54 bits per heavy atom. The number of likely N-dealkylation sites (tertiary alicyclic amines) is 1. The predicted molar refractivity (Wildman–Crippen MR) is 56.9 cm³/mol. The molecular weight excluding hydrogens is 180 g/mol. The van der Waals surface area contributed by atoms with Crippen molar-refractivity contribution in [2.45, 2.75) is 12.5 Å². The summed E-state index contributed by atoms with van der Waals surface area (Å²) in [6.45, 7) is 2.00. The highest BCUT2D eigenvalue weighted by molar-refractivity contribution is 7.10. The third-order valence-corrected chi connectivity index (χ3v) is 3.85.